The summed E-state index contributed by atoms with van der Waals surface area (Å²) >= 11 is 0. The van der Waals surface area contributed by atoms with Gasteiger partial charge in [-0.25, -0.2) is 4.79 Å². The molecular weight excluding hydrogens is 212 g/mol. The van der Waals surface area contributed by atoms with Crippen LogP contribution in [-0.2, 0) is 4.79 Å². The van der Waals surface area contributed by atoms with Crippen molar-refractivity contribution in [3.63, 3.8) is 0 Å². The van der Waals surface area contributed by atoms with E-state index in [0.717, 1.165) is 26.2 Å². The van der Waals surface area contributed by atoms with Crippen LogP contribution in [0.25, 0.3) is 0 Å². The van der Waals surface area contributed by atoms with Crippen LogP contribution in [0.4, 0.5) is 0 Å². The van der Waals surface area contributed by atoms with Crippen LogP contribution in [0.15, 0.2) is 0 Å². The Balaban J connectivity index is 2.34. The van der Waals surface area contributed by atoms with E-state index in [4.69, 9.17) is 10.2 Å². The molecule has 0 aromatic carbocycles. The Morgan fingerprint density at radius 3 is 2.19 bits per heavy atom. The third-order valence-electron chi connectivity index (χ3n) is 2.87. The van der Waals surface area contributed by atoms with E-state index < -0.39 is 11.6 Å². The molecule has 1 rings (SSSR count). The van der Waals surface area contributed by atoms with Gasteiger partial charge >= 0.3 is 5.97 Å². The van der Waals surface area contributed by atoms with Crippen LogP contribution in [0, 0.1) is 0 Å². The van der Waals surface area contributed by atoms with Gasteiger partial charge in [-0.05, 0) is 6.92 Å². The van der Waals surface area contributed by atoms with E-state index in [1.54, 1.807) is 0 Å². The Morgan fingerprint density at radius 1 is 1.25 bits per heavy atom. The Morgan fingerprint density at radius 2 is 1.75 bits per heavy atom. The fourth-order valence-electron chi connectivity index (χ4n) is 1.82. The largest absolute Gasteiger partial charge is 0.479 e. The molecule has 0 aliphatic carbocycles. The summed E-state index contributed by atoms with van der Waals surface area (Å²) in [6.45, 7) is 5.32. The van der Waals surface area contributed by atoms with Crippen LogP contribution in [-0.4, -0.2) is 82.6 Å². The quantitative estimate of drug-likeness (QED) is 0.531. The minimum Gasteiger partial charge on any atom is -0.479 e. The van der Waals surface area contributed by atoms with Gasteiger partial charge in [-0.15, -0.1) is 0 Å². The molecule has 0 amide bonds. The summed E-state index contributed by atoms with van der Waals surface area (Å²) in [6.07, 6.45) is 0. The number of aliphatic carboxylic acids is 1. The molecule has 1 atom stereocenters. The number of carboxylic acids is 1. The first-order chi connectivity index (χ1) is 7.45. The minimum absolute atomic E-state index is 0.146. The fourth-order valence-corrected chi connectivity index (χ4v) is 1.82. The minimum atomic E-state index is -1.68. The number of β-amino-alcohol motifs (C(OH)–C–C–N with tert-alkyl or cyclic N) is 2. The molecule has 6 heteroatoms. The maximum atomic E-state index is 10.7. The van der Waals surface area contributed by atoms with E-state index >= 15 is 0 Å². The van der Waals surface area contributed by atoms with E-state index in [0.29, 0.717) is 6.54 Å². The molecule has 1 fully saturated rings. The first kappa shape index (κ1) is 13.4. The Labute approximate surface area is 95.1 Å². The van der Waals surface area contributed by atoms with Gasteiger partial charge in [0.1, 0.15) is 0 Å². The number of aliphatic hydroxyl groups is 2. The van der Waals surface area contributed by atoms with Crippen molar-refractivity contribution in [1.29, 1.82) is 0 Å². The summed E-state index contributed by atoms with van der Waals surface area (Å²) in [4.78, 5) is 14.8. The maximum absolute atomic E-state index is 10.7. The van der Waals surface area contributed by atoms with Crippen LogP contribution in [0.2, 0.25) is 0 Å². The Hall–Kier alpha value is -0.690. The summed E-state index contributed by atoms with van der Waals surface area (Å²) in [6, 6.07) is 0. The van der Waals surface area contributed by atoms with Gasteiger partial charge in [0.15, 0.2) is 5.60 Å². The lowest BCUT2D eigenvalue weighted by molar-refractivity contribution is -0.158. The van der Waals surface area contributed by atoms with Crippen molar-refractivity contribution in [2.45, 2.75) is 12.5 Å². The third kappa shape index (κ3) is 3.71. The molecule has 6 nitrogen and oxygen atoms in total. The number of carbonyl (C=O) groups is 1. The van der Waals surface area contributed by atoms with Crippen LogP contribution < -0.4 is 0 Å². The highest BCUT2D eigenvalue weighted by Crippen LogP contribution is 2.09. The van der Waals surface area contributed by atoms with E-state index in [1.807, 2.05) is 4.90 Å². The summed E-state index contributed by atoms with van der Waals surface area (Å²) < 4.78 is 0. The number of piperazine rings is 1. The molecule has 94 valence electrons. The number of carboxylic acid groups (broad SMARTS) is 1. The molecule has 1 aliphatic heterocycles. The first-order valence-electron chi connectivity index (χ1n) is 5.47. The Kier molecular flexibility index (Phi) is 4.67. The highest BCUT2D eigenvalue weighted by molar-refractivity contribution is 5.76. The van der Waals surface area contributed by atoms with E-state index in [-0.39, 0.29) is 13.2 Å². The van der Waals surface area contributed by atoms with E-state index in [1.165, 1.54) is 6.92 Å². The van der Waals surface area contributed by atoms with Gasteiger partial charge in [0.05, 0.1) is 6.61 Å². The maximum Gasteiger partial charge on any atom is 0.336 e. The zero-order valence-electron chi connectivity index (χ0n) is 9.59. The van der Waals surface area contributed by atoms with Crippen molar-refractivity contribution in [3.8, 4) is 0 Å². The van der Waals surface area contributed by atoms with Crippen LogP contribution >= 0.6 is 0 Å². The van der Waals surface area contributed by atoms with Crippen molar-refractivity contribution in [2.75, 3.05) is 45.9 Å². The topological polar surface area (TPSA) is 84.2 Å². The highest BCUT2D eigenvalue weighted by atomic mass is 16.4. The molecule has 1 unspecified atom stereocenters. The zero-order valence-corrected chi connectivity index (χ0v) is 9.59. The lowest BCUT2D eigenvalue weighted by atomic mass is 10.1. The zero-order chi connectivity index (χ0) is 12.2. The molecule has 3 N–H and O–H groups in total. The second kappa shape index (κ2) is 5.58. The summed E-state index contributed by atoms with van der Waals surface area (Å²) in [7, 11) is 0. The lowest BCUT2D eigenvalue weighted by Crippen LogP contribution is -2.53. The SMILES string of the molecule is CC(O)(CN1CCN(CCO)CC1)C(=O)O. The third-order valence-corrected chi connectivity index (χ3v) is 2.87. The van der Waals surface area contributed by atoms with Crippen LogP contribution in [0.3, 0.4) is 0 Å². The van der Waals surface area contributed by atoms with Crippen molar-refractivity contribution in [2.24, 2.45) is 0 Å². The lowest BCUT2D eigenvalue weighted by Gasteiger charge is -2.36. The molecule has 16 heavy (non-hydrogen) atoms. The second-order valence-corrected chi connectivity index (χ2v) is 4.42. The van der Waals surface area contributed by atoms with Crippen molar-refractivity contribution >= 4 is 5.97 Å². The monoisotopic (exact) mass is 232 g/mol. The molecule has 0 saturated carbocycles. The molecule has 0 bridgehead atoms. The molecule has 0 aromatic heterocycles. The smallest absolute Gasteiger partial charge is 0.336 e. The standard InChI is InChI=1S/C10H20N2O4/c1-10(16,9(14)15)8-12-4-2-11(3-5-12)6-7-13/h13,16H,2-8H2,1H3,(H,14,15). The molecule has 1 heterocycles. The van der Waals surface area contributed by atoms with Gasteiger partial charge in [0, 0.05) is 39.3 Å². The number of rotatable bonds is 5. The predicted octanol–water partition coefficient (Wildman–Crippen LogP) is -1.57. The summed E-state index contributed by atoms with van der Waals surface area (Å²) in [5, 5.41) is 27.2. The van der Waals surface area contributed by atoms with Crippen LogP contribution in [0.1, 0.15) is 6.92 Å². The molecule has 1 saturated heterocycles. The average molecular weight is 232 g/mol. The number of nitrogens with zero attached hydrogens (tertiary/aromatic N) is 2. The number of hydrogen-bond donors (Lipinski definition) is 3. The molecular formula is C10H20N2O4. The van der Waals surface area contributed by atoms with Crippen molar-refractivity contribution < 1.29 is 20.1 Å². The van der Waals surface area contributed by atoms with Gasteiger partial charge < -0.3 is 15.3 Å². The average Bonchev–Trinajstić information content (AvgIpc) is 2.21. The fraction of sp³-hybridized carbons (Fsp3) is 0.900. The Bertz CT molecular complexity index is 237. The van der Waals surface area contributed by atoms with Gasteiger partial charge in [-0.3, -0.25) is 9.80 Å². The van der Waals surface area contributed by atoms with Gasteiger partial charge in [-0.1, -0.05) is 0 Å². The summed E-state index contributed by atoms with van der Waals surface area (Å²) in [5.41, 5.74) is -1.68. The molecule has 1 aliphatic rings. The van der Waals surface area contributed by atoms with Crippen LogP contribution in [0.5, 0.6) is 0 Å². The second-order valence-electron chi connectivity index (χ2n) is 4.42. The molecule has 0 radical (unpaired) electrons. The normalized spacial score (nSPS) is 22.9. The molecule has 0 spiro atoms. The summed E-state index contributed by atoms with van der Waals surface area (Å²) in [5.74, 6) is -1.19. The van der Waals surface area contributed by atoms with Crippen molar-refractivity contribution in [1.82, 2.24) is 9.80 Å². The van der Waals surface area contributed by atoms with E-state index in [2.05, 4.69) is 4.90 Å². The van der Waals surface area contributed by atoms with Gasteiger partial charge in [-0.2, -0.15) is 0 Å². The van der Waals surface area contributed by atoms with E-state index in [9.17, 15) is 9.90 Å². The molecule has 0 aromatic rings. The number of aliphatic hydroxyl groups excluding tert-OH is 1. The highest BCUT2D eigenvalue weighted by Gasteiger charge is 2.33. The first-order valence-corrected chi connectivity index (χ1v) is 5.47. The predicted molar refractivity (Wildman–Crippen MR) is 58.2 cm³/mol. The van der Waals surface area contributed by atoms with Gasteiger partial charge in [0.25, 0.3) is 0 Å². The number of hydrogen-bond acceptors (Lipinski definition) is 5. The van der Waals surface area contributed by atoms with Crippen molar-refractivity contribution in [3.05, 3.63) is 0 Å². The van der Waals surface area contributed by atoms with Gasteiger partial charge in [0.2, 0.25) is 0 Å².